The number of anilines is 1. The average molecular weight is 339 g/mol. The molecular formula is C19H25N5O. The van der Waals surface area contributed by atoms with Gasteiger partial charge in [0.25, 0.3) is 5.56 Å². The Hall–Kier alpha value is -2.63. The first kappa shape index (κ1) is 17.2. The zero-order valence-corrected chi connectivity index (χ0v) is 15.4. The van der Waals surface area contributed by atoms with Crippen LogP contribution in [0.25, 0.3) is 11.0 Å². The van der Waals surface area contributed by atoms with Crippen molar-refractivity contribution in [1.82, 2.24) is 19.7 Å². The fraction of sp³-hybridized carbons (Fsp3) is 0.421. The van der Waals surface area contributed by atoms with Gasteiger partial charge in [0, 0.05) is 12.0 Å². The molecule has 132 valence electrons. The van der Waals surface area contributed by atoms with Crippen molar-refractivity contribution in [3.63, 3.8) is 0 Å². The number of fused-ring (bicyclic) bond motifs is 1. The summed E-state index contributed by atoms with van der Waals surface area (Å²) in [7, 11) is 0. The molecule has 0 saturated carbocycles. The zero-order valence-electron chi connectivity index (χ0n) is 15.4. The summed E-state index contributed by atoms with van der Waals surface area (Å²) in [6.07, 6.45) is 1.57. The van der Waals surface area contributed by atoms with Crippen molar-refractivity contribution >= 4 is 17.0 Å². The van der Waals surface area contributed by atoms with Gasteiger partial charge >= 0.3 is 0 Å². The molecule has 25 heavy (non-hydrogen) atoms. The molecule has 0 spiro atoms. The lowest BCUT2D eigenvalue weighted by molar-refractivity contribution is 0.366. The van der Waals surface area contributed by atoms with Gasteiger partial charge in [-0.1, -0.05) is 44.2 Å². The van der Waals surface area contributed by atoms with Crippen molar-refractivity contribution < 1.29 is 0 Å². The van der Waals surface area contributed by atoms with E-state index in [4.69, 9.17) is 0 Å². The standard InChI is InChI=1S/C19H25N5O/c1-18(2,3)24-15-14(11-21-24)16(25)23-17(22-15)20-12-19(4,5)13-9-7-6-8-10-13/h6-11H,12H2,1-5H3,(H2,20,22,23,25). The Labute approximate surface area is 147 Å². The second-order valence-electron chi connectivity index (χ2n) is 7.98. The van der Waals surface area contributed by atoms with Gasteiger partial charge in [0.2, 0.25) is 5.95 Å². The number of hydrogen-bond acceptors (Lipinski definition) is 4. The normalized spacial score (nSPS) is 12.5. The Morgan fingerprint density at radius 1 is 1.12 bits per heavy atom. The Morgan fingerprint density at radius 2 is 1.80 bits per heavy atom. The minimum absolute atomic E-state index is 0.0982. The first-order valence-corrected chi connectivity index (χ1v) is 8.46. The molecule has 0 aliphatic carbocycles. The quantitative estimate of drug-likeness (QED) is 0.765. The van der Waals surface area contributed by atoms with E-state index < -0.39 is 0 Å². The molecule has 0 radical (unpaired) electrons. The highest BCUT2D eigenvalue weighted by molar-refractivity contribution is 5.74. The van der Waals surface area contributed by atoms with Gasteiger partial charge in [-0.25, -0.2) is 4.68 Å². The summed E-state index contributed by atoms with van der Waals surface area (Å²) in [5, 5.41) is 8.11. The first-order valence-electron chi connectivity index (χ1n) is 8.46. The highest BCUT2D eigenvalue weighted by atomic mass is 16.1. The lowest BCUT2D eigenvalue weighted by Crippen LogP contribution is -2.29. The topological polar surface area (TPSA) is 75.6 Å². The first-order chi connectivity index (χ1) is 11.7. The van der Waals surface area contributed by atoms with Gasteiger partial charge in [-0.3, -0.25) is 9.78 Å². The molecule has 0 aliphatic rings. The lowest BCUT2D eigenvalue weighted by Gasteiger charge is -2.26. The number of nitrogens with one attached hydrogen (secondary N) is 2. The molecule has 0 fully saturated rings. The van der Waals surface area contributed by atoms with Crippen LogP contribution in [0.4, 0.5) is 5.95 Å². The van der Waals surface area contributed by atoms with Crippen LogP contribution in [-0.4, -0.2) is 26.3 Å². The van der Waals surface area contributed by atoms with Crippen LogP contribution in [0.15, 0.2) is 41.3 Å². The Balaban J connectivity index is 1.91. The van der Waals surface area contributed by atoms with E-state index in [1.54, 1.807) is 10.9 Å². The molecule has 6 nitrogen and oxygen atoms in total. The van der Waals surface area contributed by atoms with Crippen molar-refractivity contribution in [3.05, 3.63) is 52.4 Å². The Kier molecular flexibility index (Phi) is 4.14. The molecule has 0 amide bonds. The molecule has 6 heteroatoms. The summed E-state index contributed by atoms with van der Waals surface area (Å²) in [6, 6.07) is 10.3. The Morgan fingerprint density at radius 3 is 2.44 bits per heavy atom. The third-order valence-corrected chi connectivity index (χ3v) is 4.33. The molecular weight excluding hydrogens is 314 g/mol. The van der Waals surface area contributed by atoms with E-state index in [1.165, 1.54) is 5.56 Å². The number of benzene rings is 1. The highest BCUT2D eigenvalue weighted by Gasteiger charge is 2.22. The van der Waals surface area contributed by atoms with E-state index in [-0.39, 0.29) is 16.5 Å². The van der Waals surface area contributed by atoms with Crippen LogP contribution >= 0.6 is 0 Å². The fourth-order valence-electron chi connectivity index (χ4n) is 2.79. The predicted molar refractivity (Wildman–Crippen MR) is 101 cm³/mol. The third kappa shape index (κ3) is 3.43. The number of aromatic amines is 1. The van der Waals surface area contributed by atoms with Crippen LogP contribution in [0, 0.1) is 0 Å². The maximum Gasteiger partial charge on any atom is 0.263 e. The molecule has 2 N–H and O–H groups in total. The van der Waals surface area contributed by atoms with Crippen molar-refractivity contribution in [1.29, 1.82) is 0 Å². The molecule has 2 heterocycles. The summed E-state index contributed by atoms with van der Waals surface area (Å²) < 4.78 is 1.78. The smallest absolute Gasteiger partial charge is 0.263 e. The van der Waals surface area contributed by atoms with E-state index in [9.17, 15) is 4.79 Å². The average Bonchev–Trinajstić information content (AvgIpc) is 2.99. The zero-order chi connectivity index (χ0) is 18.2. The molecule has 0 saturated heterocycles. The van der Waals surface area contributed by atoms with E-state index in [2.05, 4.69) is 46.4 Å². The third-order valence-electron chi connectivity index (χ3n) is 4.33. The second-order valence-corrected chi connectivity index (χ2v) is 7.98. The molecule has 3 aromatic rings. The molecule has 2 aromatic heterocycles. The molecule has 0 unspecified atom stereocenters. The van der Waals surface area contributed by atoms with Gasteiger partial charge in [-0.2, -0.15) is 10.1 Å². The van der Waals surface area contributed by atoms with Crippen molar-refractivity contribution in [2.45, 2.75) is 45.6 Å². The number of aromatic nitrogens is 4. The van der Waals surface area contributed by atoms with E-state index in [0.717, 1.165) is 0 Å². The minimum Gasteiger partial charge on any atom is -0.355 e. The van der Waals surface area contributed by atoms with Gasteiger partial charge in [-0.05, 0) is 26.3 Å². The van der Waals surface area contributed by atoms with Crippen molar-refractivity contribution in [3.8, 4) is 0 Å². The van der Waals surface area contributed by atoms with E-state index in [1.807, 2.05) is 39.0 Å². The van der Waals surface area contributed by atoms with E-state index in [0.29, 0.717) is 23.5 Å². The number of hydrogen-bond donors (Lipinski definition) is 2. The lowest BCUT2D eigenvalue weighted by atomic mass is 9.85. The SMILES string of the molecule is CC(C)(CNc1nc2c(cnn2C(C)(C)C)c(=O)[nH]1)c1ccccc1. The van der Waals surface area contributed by atoms with Crippen LogP contribution in [0.5, 0.6) is 0 Å². The van der Waals surface area contributed by atoms with Crippen molar-refractivity contribution in [2.24, 2.45) is 0 Å². The summed E-state index contributed by atoms with van der Waals surface area (Å²) in [4.78, 5) is 19.7. The summed E-state index contributed by atoms with van der Waals surface area (Å²) in [6.45, 7) is 11.1. The monoisotopic (exact) mass is 339 g/mol. The summed E-state index contributed by atoms with van der Waals surface area (Å²) in [5.74, 6) is 0.465. The van der Waals surface area contributed by atoms with Crippen molar-refractivity contribution in [2.75, 3.05) is 11.9 Å². The maximum absolute atomic E-state index is 12.3. The van der Waals surface area contributed by atoms with Crippen LogP contribution < -0.4 is 10.9 Å². The Bertz CT molecular complexity index is 932. The molecule has 0 aliphatic heterocycles. The van der Waals surface area contributed by atoms with Gasteiger partial charge in [-0.15, -0.1) is 0 Å². The summed E-state index contributed by atoms with van der Waals surface area (Å²) in [5.41, 5.74) is 1.30. The number of H-pyrrole nitrogens is 1. The number of nitrogens with zero attached hydrogens (tertiary/aromatic N) is 3. The molecule has 3 rings (SSSR count). The van der Waals surface area contributed by atoms with Crippen LogP contribution in [-0.2, 0) is 11.0 Å². The van der Waals surface area contributed by atoms with E-state index >= 15 is 0 Å². The van der Waals surface area contributed by atoms with Crippen LogP contribution in [0.3, 0.4) is 0 Å². The second kappa shape index (κ2) is 6.02. The fourth-order valence-corrected chi connectivity index (χ4v) is 2.79. The van der Waals surface area contributed by atoms with Gasteiger partial charge in [0.15, 0.2) is 5.65 Å². The number of rotatable bonds is 4. The van der Waals surface area contributed by atoms with Gasteiger partial charge < -0.3 is 5.32 Å². The molecule has 1 aromatic carbocycles. The molecule has 0 bridgehead atoms. The van der Waals surface area contributed by atoms with Gasteiger partial charge in [0.05, 0.1) is 11.7 Å². The van der Waals surface area contributed by atoms with Gasteiger partial charge in [0.1, 0.15) is 5.39 Å². The van der Waals surface area contributed by atoms with Crippen LogP contribution in [0.1, 0.15) is 40.2 Å². The molecule has 0 atom stereocenters. The van der Waals surface area contributed by atoms with Crippen LogP contribution in [0.2, 0.25) is 0 Å². The minimum atomic E-state index is -0.247. The predicted octanol–water partition coefficient (Wildman–Crippen LogP) is 3.26. The highest BCUT2D eigenvalue weighted by Crippen LogP contribution is 2.23. The largest absolute Gasteiger partial charge is 0.355 e. The summed E-state index contributed by atoms with van der Waals surface area (Å²) >= 11 is 0. The maximum atomic E-state index is 12.3.